The van der Waals surface area contributed by atoms with E-state index in [2.05, 4.69) is 52.6 Å². The van der Waals surface area contributed by atoms with Gasteiger partial charge in [0.2, 0.25) is 0 Å². The molecule has 0 radical (unpaired) electrons. The third kappa shape index (κ3) is 43.0. The average molecular weight is 953 g/mol. The predicted octanol–water partition coefficient (Wildman–Crippen LogP) is 12.4. The van der Waals surface area contributed by atoms with Crippen molar-refractivity contribution >= 4 is 0 Å². The first kappa shape index (κ1) is 64.7. The summed E-state index contributed by atoms with van der Waals surface area (Å²) in [4.78, 5) is 10.0. The Hall–Kier alpha value is -0.360. The molecular formula is C58H121N5O4. The summed E-state index contributed by atoms with van der Waals surface area (Å²) in [6.07, 6.45) is 43.2. The van der Waals surface area contributed by atoms with Crippen molar-refractivity contribution in [2.45, 2.75) is 283 Å². The molecule has 4 atom stereocenters. The fourth-order valence-corrected chi connectivity index (χ4v) is 10.2. The minimum absolute atomic E-state index is 0.236. The van der Waals surface area contributed by atoms with Gasteiger partial charge in [-0.2, -0.15) is 0 Å². The smallest absolute Gasteiger partial charge is 0.0667 e. The largest absolute Gasteiger partial charge is 0.392 e. The van der Waals surface area contributed by atoms with Crippen LogP contribution in [-0.2, 0) is 0 Å². The van der Waals surface area contributed by atoms with Crippen LogP contribution in [0.15, 0.2) is 0 Å². The third-order valence-corrected chi connectivity index (χ3v) is 14.9. The van der Waals surface area contributed by atoms with E-state index < -0.39 is 0 Å². The molecule has 402 valence electrons. The van der Waals surface area contributed by atoms with E-state index >= 15 is 0 Å². The van der Waals surface area contributed by atoms with E-state index in [4.69, 9.17) is 0 Å². The topological polar surface area (TPSA) is 106 Å². The van der Waals surface area contributed by atoms with Gasteiger partial charge in [-0.25, -0.2) is 0 Å². The number of nitrogens with zero attached hydrogens (tertiary/aromatic N) is 4. The van der Waals surface area contributed by atoms with E-state index in [0.717, 1.165) is 117 Å². The normalized spacial score (nSPS) is 15.9. The Labute approximate surface area is 418 Å². The van der Waals surface area contributed by atoms with Gasteiger partial charge in [0.15, 0.2) is 0 Å². The molecule has 0 aromatic carbocycles. The van der Waals surface area contributed by atoms with Crippen LogP contribution >= 0.6 is 0 Å². The Morgan fingerprint density at radius 3 is 0.985 bits per heavy atom. The quantitative estimate of drug-likeness (QED) is 0.0381. The summed E-state index contributed by atoms with van der Waals surface area (Å²) < 4.78 is 0. The second-order valence-electron chi connectivity index (χ2n) is 21.6. The van der Waals surface area contributed by atoms with Crippen molar-refractivity contribution in [1.82, 2.24) is 24.9 Å². The first-order valence-corrected chi connectivity index (χ1v) is 30.1. The standard InChI is InChI=1S/C58H121N5O4/c1-5-9-13-17-21-25-29-33-37-55(64)51-59-41-42-60-43-45-61(46-44-60)47-48-62(52-56(65)38-34-30-26-22-18-14-10-6-2)49-50-63(53-57(66)39-35-31-27-23-19-15-11-7-3)54-58(67)40-36-32-28-24-20-16-12-8-4/h55-59,64-67H,5-54H2,1-4H3. The Morgan fingerprint density at radius 1 is 0.343 bits per heavy atom. The molecule has 1 fully saturated rings. The summed E-state index contributed by atoms with van der Waals surface area (Å²) in [5.41, 5.74) is 0. The van der Waals surface area contributed by atoms with Crippen LogP contribution in [0.3, 0.4) is 0 Å². The summed E-state index contributed by atoms with van der Waals surface area (Å²) in [5, 5.41) is 48.0. The predicted molar refractivity (Wildman–Crippen MR) is 292 cm³/mol. The molecule has 9 heteroatoms. The Kier molecular flexibility index (Phi) is 47.5. The summed E-state index contributed by atoms with van der Waals surface area (Å²) in [6.45, 7) is 21.6. The summed E-state index contributed by atoms with van der Waals surface area (Å²) >= 11 is 0. The van der Waals surface area contributed by atoms with E-state index in [-0.39, 0.29) is 24.4 Å². The molecule has 0 bridgehead atoms. The Bertz CT molecular complexity index is 945. The summed E-state index contributed by atoms with van der Waals surface area (Å²) in [5.74, 6) is 0. The van der Waals surface area contributed by atoms with Crippen LogP contribution in [-0.4, -0.2) is 156 Å². The number of rotatable bonds is 53. The lowest BCUT2D eigenvalue weighted by molar-refractivity contribution is 0.0448. The molecule has 0 aromatic rings. The highest BCUT2D eigenvalue weighted by atomic mass is 16.3. The molecule has 1 saturated heterocycles. The monoisotopic (exact) mass is 952 g/mol. The number of nitrogens with one attached hydrogen (secondary N) is 1. The van der Waals surface area contributed by atoms with E-state index in [1.165, 1.54) is 180 Å². The van der Waals surface area contributed by atoms with Crippen molar-refractivity contribution in [2.75, 3.05) is 91.6 Å². The van der Waals surface area contributed by atoms with E-state index in [0.29, 0.717) is 26.2 Å². The lowest BCUT2D eigenvalue weighted by Crippen LogP contribution is -2.51. The second kappa shape index (κ2) is 49.2. The zero-order valence-electron chi connectivity index (χ0n) is 45.7. The summed E-state index contributed by atoms with van der Waals surface area (Å²) in [7, 11) is 0. The van der Waals surface area contributed by atoms with E-state index in [1.54, 1.807) is 0 Å². The van der Waals surface area contributed by atoms with Crippen LogP contribution in [0, 0.1) is 0 Å². The maximum atomic E-state index is 11.4. The number of aliphatic hydroxyl groups is 4. The van der Waals surface area contributed by atoms with Crippen molar-refractivity contribution in [1.29, 1.82) is 0 Å². The van der Waals surface area contributed by atoms with Gasteiger partial charge >= 0.3 is 0 Å². The van der Waals surface area contributed by atoms with Crippen LogP contribution in [0.5, 0.6) is 0 Å². The first-order valence-electron chi connectivity index (χ1n) is 30.1. The highest BCUT2D eigenvalue weighted by molar-refractivity contribution is 4.77. The zero-order valence-corrected chi connectivity index (χ0v) is 45.7. The van der Waals surface area contributed by atoms with Crippen LogP contribution < -0.4 is 5.32 Å². The lowest BCUT2D eigenvalue weighted by Gasteiger charge is -2.36. The van der Waals surface area contributed by atoms with E-state index in [1.807, 2.05) is 0 Å². The van der Waals surface area contributed by atoms with Crippen molar-refractivity contribution in [3.8, 4) is 0 Å². The van der Waals surface area contributed by atoms with Gasteiger partial charge in [-0.05, 0) is 25.7 Å². The third-order valence-electron chi connectivity index (χ3n) is 14.9. The molecule has 1 aliphatic heterocycles. The van der Waals surface area contributed by atoms with Gasteiger partial charge in [-0.15, -0.1) is 0 Å². The number of hydrogen-bond donors (Lipinski definition) is 5. The maximum Gasteiger partial charge on any atom is 0.0667 e. The molecule has 0 aliphatic carbocycles. The van der Waals surface area contributed by atoms with E-state index in [9.17, 15) is 20.4 Å². The van der Waals surface area contributed by atoms with Gasteiger partial charge in [0.05, 0.1) is 24.4 Å². The molecule has 0 aromatic heterocycles. The minimum atomic E-state index is -0.368. The lowest BCUT2D eigenvalue weighted by atomic mass is 10.0. The molecule has 1 heterocycles. The van der Waals surface area contributed by atoms with Gasteiger partial charge in [-0.1, -0.05) is 233 Å². The highest BCUT2D eigenvalue weighted by Crippen LogP contribution is 2.16. The molecule has 0 saturated carbocycles. The summed E-state index contributed by atoms with van der Waals surface area (Å²) in [6, 6.07) is 0. The van der Waals surface area contributed by atoms with Crippen LogP contribution in [0.1, 0.15) is 259 Å². The molecule has 0 amide bonds. The minimum Gasteiger partial charge on any atom is -0.392 e. The van der Waals surface area contributed by atoms with Gasteiger partial charge in [0, 0.05) is 91.6 Å². The van der Waals surface area contributed by atoms with Crippen molar-refractivity contribution in [2.24, 2.45) is 0 Å². The van der Waals surface area contributed by atoms with Crippen LogP contribution in [0.25, 0.3) is 0 Å². The Morgan fingerprint density at radius 2 is 0.627 bits per heavy atom. The maximum absolute atomic E-state index is 11.4. The zero-order chi connectivity index (χ0) is 48.7. The molecule has 4 unspecified atom stereocenters. The second-order valence-corrected chi connectivity index (χ2v) is 21.6. The van der Waals surface area contributed by atoms with Crippen molar-refractivity contribution in [3.05, 3.63) is 0 Å². The number of piperazine rings is 1. The molecule has 1 rings (SSSR count). The molecule has 1 aliphatic rings. The average Bonchev–Trinajstić information content (AvgIpc) is 3.32. The fourth-order valence-electron chi connectivity index (χ4n) is 10.2. The van der Waals surface area contributed by atoms with Gasteiger partial charge in [0.1, 0.15) is 0 Å². The van der Waals surface area contributed by atoms with Crippen LogP contribution in [0.4, 0.5) is 0 Å². The van der Waals surface area contributed by atoms with Crippen molar-refractivity contribution in [3.63, 3.8) is 0 Å². The fraction of sp³-hybridized carbons (Fsp3) is 1.00. The molecule has 9 nitrogen and oxygen atoms in total. The van der Waals surface area contributed by atoms with Gasteiger partial charge in [-0.3, -0.25) is 19.6 Å². The number of unbranched alkanes of at least 4 members (excludes halogenated alkanes) is 28. The number of aliphatic hydroxyl groups excluding tert-OH is 4. The highest BCUT2D eigenvalue weighted by Gasteiger charge is 2.21. The van der Waals surface area contributed by atoms with Gasteiger partial charge < -0.3 is 25.7 Å². The SMILES string of the molecule is CCCCCCCCCCC(O)CNCCN1CCN(CCN(CCN(CC(O)CCCCCCCCCC)CC(O)CCCCCCCCCC)CC(O)CCCCCCCCCC)CC1. The first-order chi connectivity index (χ1) is 32.8. The Balaban J connectivity index is 2.70. The van der Waals surface area contributed by atoms with Crippen LogP contribution in [0.2, 0.25) is 0 Å². The van der Waals surface area contributed by atoms with Crippen molar-refractivity contribution < 1.29 is 20.4 Å². The molecule has 5 N–H and O–H groups in total. The number of hydrogen-bond acceptors (Lipinski definition) is 9. The molecular weight excluding hydrogens is 831 g/mol. The molecule has 67 heavy (non-hydrogen) atoms. The van der Waals surface area contributed by atoms with Gasteiger partial charge in [0.25, 0.3) is 0 Å². The molecule has 0 spiro atoms.